The van der Waals surface area contributed by atoms with E-state index in [4.69, 9.17) is 27.6 Å². The Hall–Kier alpha value is -2.89. The number of oxazole rings is 1. The first kappa shape index (κ1) is 17.5. The molecule has 0 radical (unpaired) electrons. The van der Waals surface area contributed by atoms with Gasteiger partial charge in [-0.05, 0) is 54.6 Å². The standard InChI is InChI=1S/C20H11Cl2FN2O2/c21-12-3-1-2-11(8-12)19(26)24-14-5-7-18-17(10-14)25-20(27-18)15-6-4-13(23)9-16(15)22/h1-10H,(H,24,26). The van der Waals surface area contributed by atoms with E-state index >= 15 is 0 Å². The predicted octanol–water partition coefficient (Wildman–Crippen LogP) is 6.19. The Balaban J connectivity index is 1.64. The molecule has 4 nitrogen and oxygen atoms in total. The van der Waals surface area contributed by atoms with Gasteiger partial charge in [-0.2, -0.15) is 0 Å². The summed E-state index contributed by atoms with van der Waals surface area (Å²) in [5.41, 5.74) is 2.54. The molecule has 0 bridgehead atoms. The number of carbonyl (C=O) groups is 1. The number of halogens is 3. The van der Waals surface area contributed by atoms with Gasteiger partial charge in [0.05, 0.1) is 10.6 Å². The van der Waals surface area contributed by atoms with Crippen molar-refractivity contribution < 1.29 is 13.6 Å². The van der Waals surface area contributed by atoms with E-state index in [1.165, 1.54) is 18.2 Å². The number of nitrogens with zero attached hydrogens (tertiary/aromatic N) is 1. The maximum Gasteiger partial charge on any atom is 0.255 e. The Morgan fingerprint density at radius 3 is 2.67 bits per heavy atom. The quantitative estimate of drug-likeness (QED) is 0.445. The van der Waals surface area contributed by atoms with Crippen molar-refractivity contribution in [2.24, 2.45) is 0 Å². The van der Waals surface area contributed by atoms with Crippen molar-refractivity contribution in [2.75, 3.05) is 5.32 Å². The molecular weight excluding hydrogens is 390 g/mol. The summed E-state index contributed by atoms with van der Waals surface area (Å²) in [6, 6.07) is 15.7. The third-order valence-corrected chi connectivity index (χ3v) is 4.44. The van der Waals surface area contributed by atoms with Crippen molar-refractivity contribution in [3.05, 3.63) is 82.1 Å². The topological polar surface area (TPSA) is 55.1 Å². The van der Waals surface area contributed by atoms with Gasteiger partial charge in [0.15, 0.2) is 5.58 Å². The average molecular weight is 401 g/mol. The van der Waals surface area contributed by atoms with Gasteiger partial charge in [0, 0.05) is 16.3 Å². The van der Waals surface area contributed by atoms with E-state index in [0.717, 1.165) is 0 Å². The fourth-order valence-electron chi connectivity index (χ4n) is 2.62. The summed E-state index contributed by atoms with van der Waals surface area (Å²) in [5, 5.41) is 3.48. The molecule has 0 aliphatic heterocycles. The van der Waals surface area contributed by atoms with Crippen LogP contribution in [0.25, 0.3) is 22.6 Å². The van der Waals surface area contributed by atoms with Crippen LogP contribution in [0.2, 0.25) is 10.0 Å². The number of nitrogens with one attached hydrogen (secondary N) is 1. The van der Waals surface area contributed by atoms with Crippen molar-refractivity contribution in [1.29, 1.82) is 0 Å². The Morgan fingerprint density at radius 2 is 1.89 bits per heavy atom. The summed E-state index contributed by atoms with van der Waals surface area (Å²) in [4.78, 5) is 16.7. The van der Waals surface area contributed by atoms with Crippen LogP contribution in [0.15, 0.2) is 65.1 Å². The molecule has 0 unspecified atom stereocenters. The van der Waals surface area contributed by atoms with Crippen LogP contribution in [0.3, 0.4) is 0 Å². The molecule has 4 aromatic rings. The van der Waals surface area contributed by atoms with E-state index in [0.29, 0.717) is 32.9 Å². The van der Waals surface area contributed by atoms with E-state index in [2.05, 4.69) is 10.3 Å². The second kappa shape index (κ2) is 7.02. The van der Waals surface area contributed by atoms with E-state index in [1.807, 2.05) is 0 Å². The van der Waals surface area contributed by atoms with Gasteiger partial charge in [0.2, 0.25) is 5.89 Å². The maximum absolute atomic E-state index is 13.2. The summed E-state index contributed by atoms with van der Waals surface area (Å²) in [7, 11) is 0. The number of rotatable bonds is 3. The summed E-state index contributed by atoms with van der Waals surface area (Å²) < 4.78 is 18.9. The molecule has 7 heteroatoms. The highest BCUT2D eigenvalue weighted by Gasteiger charge is 2.14. The largest absolute Gasteiger partial charge is 0.436 e. The normalized spacial score (nSPS) is 10.9. The van der Waals surface area contributed by atoms with Gasteiger partial charge < -0.3 is 9.73 Å². The molecule has 1 aromatic heterocycles. The number of amides is 1. The zero-order chi connectivity index (χ0) is 19.0. The number of carbonyl (C=O) groups excluding carboxylic acids is 1. The van der Waals surface area contributed by atoms with E-state index in [9.17, 15) is 9.18 Å². The number of hydrogen-bond acceptors (Lipinski definition) is 3. The lowest BCUT2D eigenvalue weighted by atomic mass is 10.2. The molecule has 27 heavy (non-hydrogen) atoms. The minimum Gasteiger partial charge on any atom is -0.436 e. The van der Waals surface area contributed by atoms with Crippen molar-refractivity contribution in [3.63, 3.8) is 0 Å². The molecule has 4 rings (SSSR count). The molecule has 0 saturated carbocycles. The second-order valence-corrected chi connectivity index (χ2v) is 6.63. The van der Waals surface area contributed by atoms with Crippen LogP contribution in [-0.2, 0) is 0 Å². The summed E-state index contributed by atoms with van der Waals surface area (Å²) in [6.07, 6.45) is 0. The number of aromatic nitrogens is 1. The van der Waals surface area contributed by atoms with Crippen molar-refractivity contribution >= 4 is 45.9 Å². The molecule has 0 aliphatic rings. The zero-order valence-corrected chi connectivity index (χ0v) is 15.2. The monoisotopic (exact) mass is 400 g/mol. The third-order valence-electron chi connectivity index (χ3n) is 3.89. The molecule has 0 spiro atoms. The van der Waals surface area contributed by atoms with Gasteiger partial charge in [-0.15, -0.1) is 0 Å². The second-order valence-electron chi connectivity index (χ2n) is 5.79. The number of anilines is 1. The highest BCUT2D eigenvalue weighted by molar-refractivity contribution is 6.33. The highest BCUT2D eigenvalue weighted by atomic mass is 35.5. The fraction of sp³-hybridized carbons (Fsp3) is 0. The minimum atomic E-state index is -0.439. The van der Waals surface area contributed by atoms with Gasteiger partial charge in [0.1, 0.15) is 11.3 Å². The SMILES string of the molecule is O=C(Nc1ccc2oc(-c3ccc(F)cc3Cl)nc2c1)c1cccc(Cl)c1. The first-order chi connectivity index (χ1) is 13.0. The summed E-state index contributed by atoms with van der Waals surface area (Å²) >= 11 is 12.0. The molecule has 1 heterocycles. The lowest BCUT2D eigenvalue weighted by molar-refractivity contribution is 0.102. The Labute approximate surface area is 163 Å². The molecule has 134 valence electrons. The van der Waals surface area contributed by atoms with Gasteiger partial charge in [-0.3, -0.25) is 4.79 Å². The summed E-state index contributed by atoms with van der Waals surface area (Å²) in [5.74, 6) is -0.457. The first-order valence-corrected chi connectivity index (χ1v) is 8.68. The van der Waals surface area contributed by atoms with Crippen LogP contribution in [0.4, 0.5) is 10.1 Å². The highest BCUT2D eigenvalue weighted by Crippen LogP contribution is 2.31. The maximum atomic E-state index is 13.2. The van der Waals surface area contributed by atoms with E-state index in [1.54, 1.807) is 42.5 Å². The Kier molecular flexibility index (Phi) is 4.56. The van der Waals surface area contributed by atoms with E-state index in [-0.39, 0.29) is 16.8 Å². The number of hydrogen-bond donors (Lipinski definition) is 1. The van der Waals surface area contributed by atoms with Gasteiger partial charge in [0.25, 0.3) is 5.91 Å². The average Bonchev–Trinajstić information content (AvgIpc) is 3.04. The van der Waals surface area contributed by atoms with Crippen molar-refractivity contribution in [1.82, 2.24) is 4.98 Å². The molecular formula is C20H11Cl2FN2O2. The Morgan fingerprint density at radius 1 is 1.04 bits per heavy atom. The molecule has 1 amide bonds. The van der Waals surface area contributed by atoms with E-state index < -0.39 is 5.82 Å². The first-order valence-electron chi connectivity index (χ1n) is 7.92. The summed E-state index contributed by atoms with van der Waals surface area (Å²) in [6.45, 7) is 0. The lowest BCUT2D eigenvalue weighted by Gasteiger charge is -2.05. The van der Waals surface area contributed by atoms with Crippen LogP contribution in [0, 0.1) is 5.82 Å². The van der Waals surface area contributed by atoms with Crippen LogP contribution in [0.5, 0.6) is 0 Å². The molecule has 0 aliphatic carbocycles. The van der Waals surface area contributed by atoms with Gasteiger partial charge in [-0.1, -0.05) is 29.3 Å². The van der Waals surface area contributed by atoms with Crippen LogP contribution < -0.4 is 5.32 Å². The van der Waals surface area contributed by atoms with Crippen molar-refractivity contribution in [3.8, 4) is 11.5 Å². The lowest BCUT2D eigenvalue weighted by Crippen LogP contribution is -2.11. The smallest absolute Gasteiger partial charge is 0.255 e. The fourth-order valence-corrected chi connectivity index (χ4v) is 3.05. The molecule has 1 N–H and O–H groups in total. The molecule has 3 aromatic carbocycles. The third kappa shape index (κ3) is 3.65. The predicted molar refractivity (Wildman–Crippen MR) is 104 cm³/mol. The molecule has 0 atom stereocenters. The molecule has 0 fully saturated rings. The van der Waals surface area contributed by atoms with Crippen LogP contribution >= 0.6 is 23.2 Å². The van der Waals surface area contributed by atoms with Crippen molar-refractivity contribution in [2.45, 2.75) is 0 Å². The van der Waals surface area contributed by atoms with Crippen LogP contribution in [0.1, 0.15) is 10.4 Å². The number of benzene rings is 3. The minimum absolute atomic E-state index is 0.205. The van der Waals surface area contributed by atoms with Crippen LogP contribution in [-0.4, -0.2) is 10.9 Å². The van der Waals surface area contributed by atoms with Gasteiger partial charge in [-0.25, -0.2) is 9.37 Å². The zero-order valence-electron chi connectivity index (χ0n) is 13.7. The Bertz CT molecular complexity index is 1170. The molecule has 0 saturated heterocycles. The van der Waals surface area contributed by atoms with Gasteiger partial charge >= 0.3 is 0 Å². The number of fused-ring (bicyclic) bond motifs is 1.